The topological polar surface area (TPSA) is 93.3 Å². The fraction of sp³-hybridized carbons (Fsp3) is 0.174. The van der Waals surface area contributed by atoms with Crippen molar-refractivity contribution in [3.63, 3.8) is 0 Å². The Kier molecular flexibility index (Phi) is 4.74. The van der Waals surface area contributed by atoms with Gasteiger partial charge in [0.25, 0.3) is 0 Å². The fourth-order valence-corrected chi connectivity index (χ4v) is 3.25. The van der Waals surface area contributed by atoms with Crippen LogP contribution in [0.1, 0.15) is 18.4 Å². The zero-order valence-electron chi connectivity index (χ0n) is 16.4. The molecular weight excluding hydrogens is 401 g/mol. The zero-order chi connectivity index (χ0) is 21.4. The number of aromatic nitrogens is 2. The summed E-state index contributed by atoms with van der Waals surface area (Å²) in [5.41, 5.74) is 1.62. The molecule has 2 aliphatic rings. The number of benzene rings is 1. The summed E-state index contributed by atoms with van der Waals surface area (Å²) in [4.78, 5) is 33.0. The van der Waals surface area contributed by atoms with Crippen LogP contribution < -0.4 is 5.32 Å². The SMILES string of the molecule is O=C(OCC1CC1)C1=C(Nc2ccc(F)cc2)O/C(=C\c2c[nH]c3ncccc23)C1=O. The number of nitrogens with zero attached hydrogens (tertiary/aromatic N) is 1. The lowest BCUT2D eigenvalue weighted by molar-refractivity contribution is -0.140. The third-order valence-corrected chi connectivity index (χ3v) is 5.11. The van der Waals surface area contributed by atoms with Crippen LogP contribution in [0.5, 0.6) is 0 Å². The molecule has 0 radical (unpaired) electrons. The first-order chi connectivity index (χ1) is 15.1. The number of nitrogens with one attached hydrogen (secondary N) is 2. The molecule has 5 rings (SSSR count). The molecule has 2 N–H and O–H groups in total. The fourth-order valence-electron chi connectivity index (χ4n) is 3.25. The van der Waals surface area contributed by atoms with Crippen LogP contribution in [-0.2, 0) is 19.1 Å². The van der Waals surface area contributed by atoms with Gasteiger partial charge in [-0.1, -0.05) is 0 Å². The van der Waals surface area contributed by atoms with Crippen molar-refractivity contribution in [2.24, 2.45) is 5.92 Å². The first-order valence-electron chi connectivity index (χ1n) is 9.89. The van der Waals surface area contributed by atoms with E-state index in [2.05, 4.69) is 15.3 Å². The summed E-state index contributed by atoms with van der Waals surface area (Å²) in [6.07, 6.45) is 6.94. The quantitative estimate of drug-likeness (QED) is 0.357. The summed E-state index contributed by atoms with van der Waals surface area (Å²) in [5.74, 6) is -1.44. The van der Waals surface area contributed by atoms with Crippen molar-refractivity contribution in [3.8, 4) is 0 Å². The van der Waals surface area contributed by atoms with Crippen LogP contribution in [0.15, 0.2) is 66.0 Å². The first-order valence-corrected chi connectivity index (χ1v) is 9.89. The van der Waals surface area contributed by atoms with Crippen LogP contribution in [-0.4, -0.2) is 28.3 Å². The summed E-state index contributed by atoms with van der Waals surface area (Å²) >= 11 is 0. The van der Waals surface area contributed by atoms with Gasteiger partial charge in [-0.3, -0.25) is 4.79 Å². The molecule has 156 valence electrons. The highest BCUT2D eigenvalue weighted by molar-refractivity contribution is 6.26. The summed E-state index contributed by atoms with van der Waals surface area (Å²) < 4.78 is 24.3. The molecule has 3 aromatic rings. The number of hydrogen-bond donors (Lipinski definition) is 2. The van der Waals surface area contributed by atoms with Crippen molar-refractivity contribution in [2.75, 3.05) is 11.9 Å². The lowest BCUT2D eigenvalue weighted by Gasteiger charge is -2.09. The van der Waals surface area contributed by atoms with E-state index in [9.17, 15) is 14.0 Å². The minimum Gasteiger partial charge on any atom is -0.462 e. The number of anilines is 1. The third-order valence-electron chi connectivity index (χ3n) is 5.11. The second kappa shape index (κ2) is 7.71. The van der Waals surface area contributed by atoms with E-state index < -0.39 is 17.6 Å². The molecule has 2 aromatic heterocycles. The molecule has 1 aromatic carbocycles. The number of pyridine rings is 1. The molecule has 1 aliphatic heterocycles. The highest BCUT2D eigenvalue weighted by Crippen LogP contribution is 2.32. The van der Waals surface area contributed by atoms with Gasteiger partial charge in [0.15, 0.2) is 11.3 Å². The van der Waals surface area contributed by atoms with Crippen molar-refractivity contribution in [3.05, 3.63) is 77.4 Å². The Hall–Kier alpha value is -3.94. The van der Waals surface area contributed by atoms with E-state index in [-0.39, 0.29) is 23.8 Å². The Labute approximate surface area is 176 Å². The molecule has 0 spiro atoms. The average Bonchev–Trinajstić information content (AvgIpc) is 3.45. The monoisotopic (exact) mass is 419 g/mol. The molecule has 8 heteroatoms. The van der Waals surface area contributed by atoms with Gasteiger partial charge in [-0.05, 0) is 61.2 Å². The molecule has 3 heterocycles. The Balaban J connectivity index is 1.46. The van der Waals surface area contributed by atoms with Crippen LogP contribution in [0.4, 0.5) is 10.1 Å². The Bertz CT molecular complexity index is 1240. The van der Waals surface area contributed by atoms with Gasteiger partial charge < -0.3 is 19.8 Å². The second-order valence-electron chi connectivity index (χ2n) is 7.46. The van der Waals surface area contributed by atoms with E-state index in [0.29, 0.717) is 22.8 Å². The van der Waals surface area contributed by atoms with E-state index in [0.717, 1.165) is 18.2 Å². The zero-order valence-corrected chi connectivity index (χ0v) is 16.4. The normalized spacial score (nSPS) is 17.3. The third kappa shape index (κ3) is 3.92. The van der Waals surface area contributed by atoms with E-state index >= 15 is 0 Å². The Morgan fingerprint density at radius 1 is 1.29 bits per heavy atom. The van der Waals surface area contributed by atoms with Gasteiger partial charge in [-0.15, -0.1) is 0 Å². The van der Waals surface area contributed by atoms with Crippen LogP contribution in [0.25, 0.3) is 17.1 Å². The molecule has 0 amide bonds. The van der Waals surface area contributed by atoms with Gasteiger partial charge in [0.2, 0.25) is 11.7 Å². The average molecular weight is 419 g/mol. The predicted octanol–water partition coefficient (Wildman–Crippen LogP) is 3.92. The summed E-state index contributed by atoms with van der Waals surface area (Å²) in [6.45, 7) is 0.270. The predicted molar refractivity (Wildman–Crippen MR) is 111 cm³/mol. The lowest BCUT2D eigenvalue weighted by atomic mass is 10.1. The Morgan fingerprint density at radius 2 is 2.10 bits per heavy atom. The molecule has 1 aliphatic carbocycles. The van der Waals surface area contributed by atoms with Crippen molar-refractivity contribution in [1.29, 1.82) is 0 Å². The minimum atomic E-state index is -0.745. The molecular formula is C23H18FN3O4. The standard InChI is InChI=1S/C23H18FN3O4/c24-15-5-7-16(8-6-15)27-22-19(23(29)30-12-13-3-4-13)20(28)18(31-22)10-14-11-26-21-17(14)2-1-9-25-21/h1-2,5-11,13,27H,3-4,12H2,(H,25,26)/b18-10-. The molecule has 31 heavy (non-hydrogen) atoms. The van der Waals surface area contributed by atoms with Gasteiger partial charge in [0, 0.05) is 29.0 Å². The molecule has 0 saturated heterocycles. The number of carbonyl (C=O) groups excluding carboxylic acids is 2. The number of esters is 1. The van der Waals surface area contributed by atoms with Crippen LogP contribution in [0.3, 0.4) is 0 Å². The van der Waals surface area contributed by atoms with E-state index in [4.69, 9.17) is 9.47 Å². The number of fused-ring (bicyclic) bond motifs is 1. The first kappa shape index (κ1) is 19.0. The number of aromatic amines is 1. The van der Waals surface area contributed by atoms with Crippen molar-refractivity contribution < 1.29 is 23.5 Å². The number of ether oxygens (including phenoxy) is 2. The number of allylic oxidation sites excluding steroid dienone is 1. The number of halogens is 1. The number of H-pyrrole nitrogens is 1. The Morgan fingerprint density at radius 3 is 2.87 bits per heavy atom. The lowest BCUT2D eigenvalue weighted by Crippen LogP contribution is -2.17. The second-order valence-corrected chi connectivity index (χ2v) is 7.46. The minimum absolute atomic E-state index is 0.0206. The number of rotatable bonds is 6. The highest BCUT2D eigenvalue weighted by Gasteiger charge is 2.38. The summed E-state index contributed by atoms with van der Waals surface area (Å²) in [7, 11) is 0. The van der Waals surface area contributed by atoms with E-state index in [1.54, 1.807) is 24.5 Å². The molecule has 1 fully saturated rings. The van der Waals surface area contributed by atoms with Crippen LogP contribution >= 0.6 is 0 Å². The van der Waals surface area contributed by atoms with Gasteiger partial charge in [-0.2, -0.15) is 0 Å². The number of hydrogen-bond acceptors (Lipinski definition) is 6. The van der Waals surface area contributed by atoms with E-state index in [1.807, 2.05) is 6.07 Å². The smallest absolute Gasteiger partial charge is 0.347 e. The molecule has 7 nitrogen and oxygen atoms in total. The maximum atomic E-state index is 13.2. The molecule has 0 unspecified atom stereocenters. The van der Waals surface area contributed by atoms with Gasteiger partial charge >= 0.3 is 5.97 Å². The van der Waals surface area contributed by atoms with Gasteiger partial charge in [0.05, 0.1) is 6.61 Å². The number of carbonyl (C=O) groups is 2. The number of ketones is 1. The highest BCUT2D eigenvalue weighted by atomic mass is 19.1. The molecule has 1 saturated carbocycles. The molecule has 0 atom stereocenters. The van der Waals surface area contributed by atoms with Crippen molar-refractivity contribution in [2.45, 2.75) is 12.8 Å². The summed E-state index contributed by atoms with van der Waals surface area (Å²) in [6, 6.07) is 9.14. The number of Topliss-reactive ketones (excluding diaryl/α,β-unsaturated/α-hetero) is 1. The summed E-state index contributed by atoms with van der Waals surface area (Å²) in [5, 5.41) is 3.70. The van der Waals surface area contributed by atoms with E-state index in [1.165, 1.54) is 24.3 Å². The van der Waals surface area contributed by atoms with Crippen LogP contribution in [0, 0.1) is 11.7 Å². The van der Waals surface area contributed by atoms with Crippen molar-refractivity contribution >= 4 is 34.5 Å². The maximum Gasteiger partial charge on any atom is 0.347 e. The largest absolute Gasteiger partial charge is 0.462 e. The van der Waals surface area contributed by atoms with Crippen molar-refractivity contribution in [1.82, 2.24) is 9.97 Å². The van der Waals surface area contributed by atoms with Crippen LogP contribution in [0.2, 0.25) is 0 Å². The molecule has 0 bridgehead atoms. The van der Waals surface area contributed by atoms with Gasteiger partial charge in [0.1, 0.15) is 11.5 Å². The maximum absolute atomic E-state index is 13.2. The van der Waals surface area contributed by atoms with Gasteiger partial charge in [-0.25, -0.2) is 14.2 Å².